The van der Waals surface area contributed by atoms with E-state index in [2.05, 4.69) is 23.7 Å². The molecule has 0 aromatic carbocycles. The first kappa shape index (κ1) is 12.1. The third-order valence-electron chi connectivity index (χ3n) is 2.18. The number of carbonyl (C=O) groups excluding carboxylic acids is 1. The second-order valence-corrected chi connectivity index (χ2v) is 3.76. The molecule has 0 spiro atoms. The van der Waals surface area contributed by atoms with Gasteiger partial charge in [0.05, 0.1) is 5.51 Å². The van der Waals surface area contributed by atoms with Crippen molar-refractivity contribution < 1.29 is 9.53 Å². The summed E-state index contributed by atoms with van der Waals surface area (Å²) in [6.07, 6.45) is 0. The van der Waals surface area contributed by atoms with Crippen molar-refractivity contribution in [2.75, 3.05) is 26.2 Å². The molecule has 1 aromatic heterocycles. The fourth-order valence-electron chi connectivity index (χ4n) is 1.19. The van der Waals surface area contributed by atoms with Crippen molar-refractivity contribution in [1.82, 2.24) is 9.88 Å². The summed E-state index contributed by atoms with van der Waals surface area (Å²) in [5.41, 5.74) is 2.03. The summed E-state index contributed by atoms with van der Waals surface area (Å²) >= 11 is 1.39. The molecule has 1 heterocycles. The topological polar surface area (TPSA) is 42.4 Å². The highest BCUT2D eigenvalue weighted by molar-refractivity contribution is 7.07. The Balaban J connectivity index is 2.23. The van der Waals surface area contributed by atoms with Gasteiger partial charge in [0.15, 0.2) is 5.69 Å². The molecular formula is C10H16N2O2S. The molecule has 15 heavy (non-hydrogen) atoms. The van der Waals surface area contributed by atoms with Gasteiger partial charge in [-0.05, 0) is 13.1 Å². The predicted molar refractivity (Wildman–Crippen MR) is 60.2 cm³/mol. The molecule has 0 unspecified atom stereocenters. The highest BCUT2D eigenvalue weighted by Gasteiger charge is 2.09. The maximum Gasteiger partial charge on any atom is 0.357 e. The summed E-state index contributed by atoms with van der Waals surface area (Å²) in [7, 11) is 0. The van der Waals surface area contributed by atoms with E-state index >= 15 is 0 Å². The molecule has 0 radical (unpaired) electrons. The fourth-order valence-corrected chi connectivity index (χ4v) is 1.72. The third-order valence-corrected chi connectivity index (χ3v) is 2.76. The van der Waals surface area contributed by atoms with E-state index in [-0.39, 0.29) is 5.97 Å². The highest BCUT2D eigenvalue weighted by Crippen LogP contribution is 2.02. The minimum absolute atomic E-state index is 0.330. The number of hydrogen-bond donors (Lipinski definition) is 0. The first-order valence-corrected chi connectivity index (χ1v) is 5.99. The van der Waals surface area contributed by atoms with E-state index in [1.807, 2.05) is 0 Å². The van der Waals surface area contributed by atoms with Crippen molar-refractivity contribution in [2.24, 2.45) is 0 Å². The number of rotatable bonds is 6. The van der Waals surface area contributed by atoms with E-state index in [0.717, 1.165) is 19.6 Å². The monoisotopic (exact) mass is 228 g/mol. The third kappa shape index (κ3) is 3.97. The first-order valence-electron chi connectivity index (χ1n) is 5.05. The van der Waals surface area contributed by atoms with Gasteiger partial charge < -0.3 is 9.64 Å². The number of thiazole rings is 1. The Morgan fingerprint density at radius 3 is 2.80 bits per heavy atom. The summed E-state index contributed by atoms with van der Waals surface area (Å²) in [5.74, 6) is -0.330. The molecule has 5 heteroatoms. The van der Waals surface area contributed by atoms with Gasteiger partial charge in [0.25, 0.3) is 0 Å². The molecule has 0 saturated carbocycles. The lowest BCUT2D eigenvalue weighted by Crippen LogP contribution is -2.27. The van der Waals surface area contributed by atoms with Gasteiger partial charge >= 0.3 is 5.97 Å². The van der Waals surface area contributed by atoms with Crippen LogP contribution in [0.15, 0.2) is 10.9 Å². The molecule has 1 rings (SSSR count). The Morgan fingerprint density at radius 1 is 1.53 bits per heavy atom. The average Bonchev–Trinajstić information content (AvgIpc) is 2.77. The van der Waals surface area contributed by atoms with Gasteiger partial charge in [-0.1, -0.05) is 13.8 Å². The molecule has 0 amide bonds. The summed E-state index contributed by atoms with van der Waals surface area (Å²) < 4.78 is 5.08. The van der Waals surface area contributed by atoms with Gasteiger partial charge in [-0.3, -0.25) is 0 Å². The minimum atomic E-state index is -0.330. The predicted octanol–water partition coefficient (Wildman–Crippen LogP) is 1.64. The van der Waals surface area contributed by atoms with Crippen LogP contribution in [-0.4, -0.2) is 42.1 Å². The molecule has 0 aliphatic heterocycles. The van der Waals surface area contributed by atoms with E-state index in [9.17, 15) is 4.79 Å². The standard InChI is InChI=1S/C10H16N2O2S/c1-3-12(4-2)5-6-14-10(13)9-7-15-8-11-9/h7-8H,3-6H2,1-2H3. The van der Waals surface area contributed by atoms with Crippen molar-refractivity contribution in [1.29, 1.82) is 0 Å². The number of nitrogens with zero attached hydrogens (tertiary/aromatic N) is 2. The van der Waals surface area contributed by atoms with E-state index in [4.69, 9.17) is 4.74 Å². The Labute approximate surface area is 93.9 Å². The van der Waals surface area contributed by atoms with Crippen LogP contribution in [0.3, 0.4) is 0 Å². The van der Waals surface area contributed by atoms with Gasteiger partial charge in [0.2, 0.25) is 0 Å². The van der Waals surface area contributed by atoms with Crippen LogP contribution in [0.5, 0.6) is 0 Å². The van der Waals surface area contributed by atoms with Crippen molar-refractivity contribution in [3.05, 3.63) is 16.6 Å². The van der Waals surface area contributed by atoms with Gasteiger partial charge in [-0.15, -0.1) is 11.3 Å². The van der Waals surface area contributed by atoms with Crippen LogP contribution in [0.25, 0.3) is 0 Å². The van der Waals surface area contributed by atoms with E-state index in [1.165, 1.54) is 11.3 Å². The number of likely N-dealkylation sites (N-methyl/N-ethyl adjacent to an activating group) is 1. The van der Waals surface area contributed by atoms with E-state index < -0.39 is 0 Å². The molecule has 1 aromatic rings. The smallest absolute Gasteiger partial charge is 0.357 e. The van der Waals surface area contributed by atoms with Crippen LogP contribution in [0, 0.1) is 0 Å². The quantitative estimate of drug-likeness (QED) is 0.694. The van der Waals surface area contributed by atoms with E-state index in [1.54, 1.807) is 10.9 Å². The lowest BCUT2D eigenvalue weighted by Gasteiger charge is -2.17. The number of aromatic nitrogens is 1. The van der Waals surface area contributed by atoms with Crippen molar-refractivity contribution in [3.8, 4) is 0 Å². The maximum atomic E-state index is 11.4. The Bertz CT molecular complexity index is 284. The molecule has 4 nitrogen and oxygen atoms in total. The molecule has 0 aliphatic carbocycles. The van der Waals surface area contributed by atoms with Crippen molar-refractivity contribution in [2.45, 2.75) is 13.8 Å². The average molecular weight is 228 g/mol. The normalized spacial score (nSPS) is 10.6. The molecule has 0 fully saturated rings. The van der Waals surface area contributed by atoms with Gasteiger partial charge in [0.1, 0.15) is 6.61 Å². The summed E-state index contributed by atoms with van der Waals surface area (Å²) in [4.78, 5) is 17.5. The van der Waals surface area contributed by atoms with Crippen LogP contribution < -0.4 is 0 Å². The number of hydrogen-bond acceptors (Lipinski definition) is 5. The Morgan fingerprint density at radius 2 is 2.27 bits per heavy atom. The summed E-state index contributed by atoms with van der Waals surface area (Å²) in [5, 5.41) is 1.69. The molecular weight excluding hydrogens is 212 g/mol. The lowest BCUT2D eigenvalue weighted by molar-refractivity contribution is 0.0460. The van der Waals surface area contributed by atoms with Crippen molar-refractivity contribution in [3.63, 3.8) is 0 Å². The van der Waals surface area contributed by atoms with E-state index in [0.29, 0.717) is 12.3 Å². The number of carbonyl (C=O) groups is 1. The molecule has 0 saturated heterocycles. The highest BCUT2D eigenvalue weighted by atomic mass is 32.1. The Hall–Kier alpha value is -0.940. The second kappa shape index (κ2) is 6.53. The van der Waals surface area contributed by atoms with Gasteiger partial charge in [-0.25, -0.2) is 9.78 Å². The molecule has 0 aliphatic rings. The van der Waals surface area contributed by atoms with Crippen LogP contribution in [-0.2, 0) is 4.74 Å². The maximum absolute atomic E-state index is 11.4. The zero-order valence-electron chi connectivity index (χ0n) is 9.10. The summed E-state index contributed by atoms with van der Waals surface area (Å²) in [6.45, 7) is 7.34. The zero-order valence-corrected chi connectivity index (χ0v) is 9.92. The second-order valence-electron chi connectivity index (χ2n) is 3.04. The zero-order chi connectivity index (χ0) is 11.1. The Kier molecular flexibility index (Phi) is 5.28. The minimum Gasteiger partial charge on any atom is -0.460 e. The summed E-state index contributed by atoms with van der Waals surface area (Å²) in [6, 6.07) is 0. The lowest BCUT2D eigenvalue weighted by atomic mass is 10.5. The van der Waals surface area contributed by atoms with Gasteiger partial charge in [0, 0.05) is 11.9 Å². The number of ether oxygens (including phenoxy) is 1. The van der Waals surface area contributed by atoms with Crippen molar-refractivity contribution >= 4 is 17.3 Å². The fraction of sp³-hybridized carbons (Fsp3) is 0.600. The van der Waals surface area contributed by atoms with Crippen LogP contribution in [0.1, 0.15) is 24.3 Å². The SMILES string of the molecule is CCN(CC)CCOC(=O)c1cscn1. The molecule has 0 atom stereocenters. The molecule has 84 valence electrons. The molecule has 0 N–H and O–H groups in total. The van der Waals surface area contributed by atoms with Crippen LogP contribution >= 0.6 is 11.3 Å². The number of esters is 1. The largest absolute Gasteiger partial charge is 0.460 e. The van der Waals surface area contributed by atoms with Gasteiger partial charge in [-0.2, -0.15) is 0 Å². The van der Waals surface area contributed by atoms with Crippen LogP contribution in [0.2, 0.25) is 0 Å². The molecule has 0 bridgehead atoms. The first-order chi connectivity index (χ1) is 7.27. The van der Waals surface area contributed by atoms with Crippen LogP contribution in [0.4, 0.5) is 0 Å².